The third-order valence-corrected chi connectivity index (χ3v) is 5.51. The van der Waals surface area contributed by atoms with Crippen LogP contribution in [0.5, 0.6) is 5.75 Å². The number of aliphatic hydroxyl groups excluding tert-OH is 1. The van der Waals surface area contributed by atoms with Gasteiger partial charge in [-0.05, 0) is 47.9 Å². The monoisotopic (exact) mass is 532 g/mol. The number of nitrogens with zero attached hydrogens (tertiary/aromatic N) is 2. The van der Waals surface area contributed by atoms with E-state index in [1.807, 2.05) is 0 Å². The van der Waals surface area contributed by atoms with E-state index in [9.17, 15) is 32.3 Å². The number of benzene rings is 2. The minimum atomic E-state index is -3.14. The van der Waals surface area contributed by atoms with Crippen LogP contribution in [0.1, 0.15) is 29.2 Å². The lowest BCUT2D eigenvalue weighted by molar-refractivity contribution is -0.154. The molecule has 2 amide bonds. The Hall–Kier alpha value is -3.58. The molecule has 3 rings (SSSR count). The summed E-state index contributed by atoms with van der Waals surface area (Å²) in [5.74, 6) is -4.37. The van der Waals surface area contributed by atoms with E-state index in [4.69, 9.17) is 17.3 Å². The molecule has 36 heavy (non-hydrogen) atoms. The number of oxime groups is 1. The lowest BCUT2D eigenvalue weighted by Crippen LogP contribution is -2.59. The van der Waals surface area contributed by atoms with Crippen LogP contribution >= 0.6 is 11.6 Å². The Balaban J connectivity index is 1.65. The number of amides is 2. The van der Waals surface area contributed by atoms with Crippen LogP contribution in [-0.4, -0.2) is 54.0 Å². The van der Waals surface area contributed by atoms with Crippen molar-refractivity contribution in [2.45, 2.75) is 31.7 Å². The Bertz CT molecular complexity index is 1160. The molecule has 1 heterocycles. The van der Waals surface area contributed by atoms with Gasteiger partial charge in [-0.25, -0.2) is 8.78 Å². The minimum Gasteiger partial charge on any atom is -0.435 e. The van der Waals surface area contributed by atoms with E-state index < -0.39 is 53.6 Å². The molecule has 1 saturated heterocycles. The van der Waals surface area contributed by atoms with Gasteiger partial charge in [0.05, 0.1) is 5.56 Å². The first kappa shape index (κ1) is 27.0. The molecule has 1 aliphatic heterocycles. The van der Waals surface area contributed by atoms with E-state index in [-0.39, 0.29) is 41.4 Å². The average Bonchev–Trinajstić information content (AvgIpc) is 2.75. The summed E-state index contributed by atoms with van der Waals surface area (Å²) in [6.07, 6.45) is -1.53. The predicted molar refractivity (Wildman–Crippen MR) is 119 cm³/mol. The second-order valence-corrected chi connectivity index (χ2v) is 8.09. The summed E-state index contributed by atoms with van der Waals surface area (Å²) >= 11 is 5.86. The molecule has 0 aliphatic carbocycles. The number of ether oxygens (including phenoxy) is 1. The first-order valence-corrected chi connectivity index (χ1v) is 10.8. The standard InChI is InChI=1S/C22H21ClF4N4O5/c1-35-30-19(28)17-14(24)4-10(5-15(17)25)9-29-20(33)16-2-3-31(16)21(34)18(32)11-6-12(23)8-13(7-11)36-22(26)27/h4-8,16,18,22,32H,2-3,9H2,1H3,(H2,28,30)(H,29,33). The van der Waals surface area contributed by atoms with Crippen LogP contribution in [0.4, 0.5) is 17.6 Å². The largest absolute Gasteiger partial charge is 0.435 e. The number of alkyl halides is 2. The van der Waals surface area contributed by atoms with Gasteiger partial charge in [0.25, 0.3) is 5.91 Å². The SMILES string of the molecule is CO/N=C(/N)c1c(F)cc(CNC(=O)C2CCN2C(=O)C(O)c2cc(Cl)cc(OC(F)F)c2)cc1F. The van der Waals surface area contributed by atoms with Gasteiger partial charge in [0, 0.05) is 18.1 Å². The fourth-order valence-corrected chi connectivity index (χ4v) is 3.79. The van der Waals surface area contributed by atoms with Crippen LogP contribution in [0.2, 0.25) is 5.02 Å². The number of likely N-dealkylation sites (tertiary alicyclic amines) is 1. The second kappa shape index (κ2) is 11.4. The maximum atomic E-state index is 14.3. The molecule has 2 atom stereocenters. The summed E-state index contributed by atoms with van der Waals surface area (Å²) in [6.45, 7) is -3.26. The van der Waals surface area contributed by atoms with E-state index in [1.165, 1.54) is 6.07 Å². The van der Waals surface area contributed by atoms with Crippen molar-refractivity contribution in [3.63, 3.8) is 0 Å². The minimum absolute atomic E-state index is 0.0476. The highest BCUT2D eigenvalue weighted by molar-refractivity contribution is 6.30. The lowest BCUT2D eigenvalue weighted by atomic mass is 9.98. The number of hydrogen-bond acceptors (Lipinski definition) is 6. The lowest BCUT2D eigenvalue weighted by Gasteiger charge is -2.40. The first-order chi connectivity index (χ1) is 17.0. The molecule has 0 saturated carbocycles. The molecular formula is C22H21ClF4N4O5. The summed E-state index contributed by atoms with van der Waals surface area (Å²) < 4.78 is 57.8. The smallest absolute Gasteiger partial charge is 0.387 e. The molecule has 0 bridgehead atoms. The number of aliphatic hydroxyl groups is 1. The zero-order chi connectivity index (χ0) is 26.6. The van der Waals surface area contributed by atoms with Gasteiger partial charge in [0.15, 0.2) is 11.9 Å². The molecule has 2 aromatic rings. The van der Waals surface area contributed by atoms with Gasteiger partial charge in [-0.2, -0.15) is 8.78 Å². The second-order valence-electron chi connectivity index (χ2n) is 7.65. The van der Waals surface area contributed by atoms with Gasteiger partial charge < -0.3 is 30.6 Å². The summed E-state index contributed by atoms with van der Waals surface area (Å²) in [7, 11) is 1.16. The highest BCUT2D eigenvalue weighted by Gasteiger charge is 2.40. The van der Waals surface area contributed by atoms with Crippen molar-refractivity contribution in [1.82, 2.24) is 10.2 Å². The molecule has 0 aromatic heterocycles. The molecule has 0 radical (unpaired) electrons. The number of carbonyl (C=O) groups excluding carboxylic acids is 2. The molecule has 4 N–H and O–H groups in total. The van der Waals surface area contributed by atoms with Crippen LogP contribution in [0.15, 0.2) is 35.5 Å². The van der Waals surface area contributed by atoms with Gasteiger partial charge in [-0.1, -0.05) is 16.8 Å². The topological polar surface area (TPSA) is 126 Å². The van der Waals surface area contributed by atoms with E-state index in [1.54, 1.807) is 0 Å². The summed E-state index contributed by atoms with van der Waals surface area (Å²) in [5, 5.41) is 16.2. The van der Waals surface area contributed by atoms with E-state index >= 15 is 0 Å². The van der Waals surface area contributed by atoms with Crippen molar-refractivity contribution in [3.05, 3.63) is 63.7 Å². The molecular weight excluding hydrogens is 512 g/mol. The quantitative estimate of drug-likeness (QED) is 0.197. The van der Waals surface area contributed by atoms with Gasteiger partial charge >= 0.3 is 6.61 Å². The van der Waals surface area contributed by atoms with Crippen LogP contribution in [0, 0.1) is 11.6 Å². The third-order valence-electron chi connectivity index (χ3n) is 5.29. The molecule has 9 nitrogen and oxygen atoms in total. The Morgan fingerprint density at radius 3 is 2.47 bits per heavy atom. The molecule has 1 aliphatic rings. The Morgan fingerprint density at radius 1 is 1.25 bits per heavy atom. The van der Waals surface area contributed by atoms with Crippen LogP contribution in [0.3, 0.4) is 0 Å². The van der Waals surface area contributed by atoms with E-state index in [0.717, 1.165) is 36.3 Å². The summed E-state index contributed by atoms with van der Waals surface area (Å²) in [5.41, 5.74) is 4.86. The predicted octanol–water partition coefficient (Wildman–Crippen LogP) is 2.44. The van der Waals surface area contributed by atoms with Crippen LogP contribution < -0.4 is 15.8 Å². The highest BCUT2D eigenvalue weighted by Crippen LogP contribution is 2.29. The normalized spacial score (nSPS) is 16.4. The zero-order valence-electron chi connectivity index (χ0n) is 18.7. The molecule has 2 unspecified atom stereocenters. The van der Waals surface area contributed by atoms with Gasteiger partial charge in [-0.15, -0.1) is 0 Å². The zero-order valence-corrected chi connectivity index (χ0v) is 19.4. The fourth-order valence-electron chi connectivity index (χ4n) is 3.56. The number of carbonyl (C=O) groups is 2. The summed E-state index contributed by atoms with van der Waals surface area (Å²) in [6, 6.07) is 4.29. The molecule has 194 valence electrons. The van der Waals surface area contributed by atoms with Crippen molar-refractivity contribution < 1.29 is 41.8 Å². The number of rotatable bonds is 9. The van der Waals surface area contributed by atoms with Crippen molar-refractivity contribution >= 4 is 29.3 Å². The number of amidine groups is 1. The first-order valence-electron chi connectivity index (χ1n) is 10.4. The van der Waals surface area contributed by atoms with Crippen molar-refractivity contribution in [3.8, 4) is 5.75 Å². The Morgan fingerprint density at radius 2 is 1.92 bits per heavy atom. The fraction of sp³-hybridized carbons (Fsp3) is 0.318. The van der Waals surface area contributed by atoms with Crippen molar-refractivity contribution in [1.29, 1.82) is 0 Å². The molecule has 1 fully saturated rings. The molecule has 0 spiro atoms. The van der Waals surface area contributed by atoms with Crippen molar-refractivity contribution in [2.75, 3.05) is 13.7 Å². The van der Waals surface area contributed by atoms with Gasteiger partial charge in [0.2, 0.25) is 5.91 Å². The van der Waals surface area contributed by atoms with Crippen LogP contribution in [-0.2, 0) is 21.0 Å². The van der Waals surface area contributed by atoms with E-state index in [0.29, 0.717) is 0 Å². The number of nitrogens with one attached hydrogen (secondary N) is 1. The Kier molecular flexibility index (Phi) is 8.58. The Labute approximate surface area is 207 Å². The third kappa shape index (κ3) is 6.15. The van der Waals surface area contributed by atoms with Gasteiger partial charge in [-0.3, -0.25) is 9.59 Å². The molecule has 14 heteroatoms. The number of halogens is 5. The maximum absolute atomic E-state index is 14.3. The van der Waals surface area contributed by atoms with Gasteiger partial charge in [0.1, 0.15) is 30.5 Å². The van der Waals surface area contributed by atoms with E-state index in [2.05, 4.69) is 20.0 Å². The maximum Gasteiger partial charge on any atom is 0.387 e. The number of nitrogens with two attached hydrogens (primary N) is 1. The average molecular weight is 533 g/mol. The summed E-state index contributed by atoms with van der Waals surface area (Å²) in [4.78, 5) is 30.8. The molecule has 2 aromatic carbocycles. The number of hydrogen-bond donors (Lipinski definition) is 3. The van der Waals surface area contributed by atoms with Crippen molar-refractivity contribution in [2.24, 2.45) is 10.9 Å². The van der Waals surface area contributed by atoms with Crippen LogP contribution in [0.25, 0.3) is 0 Å². The highest BCUT2D eigenvalue weighted by atomic mass is 35.5.